The molecule has 0 bridgehead atoms. The Labute approximate surface area is 97.2 Å². The molecule has 0 heterocycles. The van der Waals surface area contributed by atoms with Gasteiger partial charge >= 0.3 is 0 Å². The maximum absolute atomic E-state index is 11.8. The maximum atomic E-state index is 11.8. The summed E-state index contributed by atoms with van der Waals surface area (Å²) in [7, 11) is 1.66. The van der Waals surface area contributed by atoms with E-state index in [9.17, 15) is 4.79 Å². The van der Waals surface area contributed by atoms with Crippen molar-refractivity contribution in [3.05, 3.63) is 0 Å². The quantitative estimate of drug-likeness (QED) is 0.683. The number of Topliss-reactive ketones (excluding diaryl/α,β-unsaturated/α-hetero) is 1. The van der Waals surface area contributed by atoms with Gasteiger partial charge in [-0.2, -0.15) is 5.26 Å². The highest BCUT2D eigenvalue weighted by Gasteiger charge is 2.27. The van der Waals surface area contributed by atoms with Gasteiger partial charge in [0.15, 0.2) is 0 Å². The molecule has 0 aliphatic heterocycles. The smallest absolute Gasteiger partial charge is 0.149 e. The Kier molecular flexibility index (Phi) is 6.05. The lowest BCUT2D eigenvalue weighted by atomic mass is 9.92. The highest BCUT2D eigenvalue weighted by atomic mass is 16.5. The van der Waals surface area contributed by atoms with E-state index in [-0.39, 0.29) is 6.04 Å². The van der Waals surface area contributed by atoms with Crippen molar-refractivity contribution < 1.29 is 9.53 Å². The summed E-state index contributed by atoms with van der Waals surface area (Å²) >= 11 is 0. The first-order valence-electron chi connectivity index (χ1n) is 5.92. The molecule has 1 aliphatic carbocycles. The van der Waals surface area contributed by atoms with Crippen molar-refractivity contribution in [3.63, 3.8) is 0 Å². The van der Waals surface area contributed by atoms with Crippen LogP contribution in [0.2, 0.25) is 0 Å². The Hall–Kier alpha value is -0.920. The molecule has 4 heteroatoms. The zero-order valence-electron chi connectivity index (χ0n) is 9.95. The summed E-state index contributed by atoms with van der Waals surface area (Å²) in [4.78, 5) is 13.9. The zero-order chi connectivity index (χ0) is 11.8. The molecule has 0 spiro atoms. The van der Waals surface area contributed by atoms with Gasteiger partial charge in [-0.15, -0.1) is 0 Å². The number of rotatable bonds is 6. The van der Waals surface area contributed by atoms with Crippen molar-refractivity contribution in [2.75, 3.05) is 26.8 Å². The second kappa shape index (κ2) is 7.37. The molecule has 0 N–H and O–H groups in total. The fourth-order valence-electron chi connectivity index (χ4n) is 2.18. The van der Waals surface area contributed by atoms with Crippen LogP contribution in [0, 0.1) is 11.3 Å². The van der Waals surface area contributed by atoms with Gasteiger partial charge in [-0.25, -0.2) is 0 Å². The molecule has 4 nitrogen and oxygen atoms in total. The van der Waals surface area contributed by atoms with Gasteiger partial charge in [0.25, 0.3) is 0 Å². The second-order valence-corrected chi connectivity index (χ2v) is 4.16. The third-order valence-corrected chi connectivity index (χ3v) is 3.06. The number of carbonyl (C=O) groups is 1. The predicted molar refractivity (Wildman–Crippen MR) is 60.9 cm³/mol. The molecule has 0 aromatic rings. The van der Waals surface area contributed by atoms with Gasteiger partial charge in [0.1, 0.15) is 5.78 Å². The van der Waals surface area contributed by atoms with Crippen molar-refractivity contribution in [3.8, 4) is 6.07 Å². The summed E-state index contributed by atoms with van der Waals surface area (Å²) in [5.74, 6) is 0.334. The van der Waals surface area contributed by atoms with E-state index in [4.69, 9.17) is 10.00 Å². The number of hydrogen-bond donors (Lipinski definition) is 0. The van der Waals surface area contributed by atoms with E-state index < -0.39 is 0 Å². The number of nitrogens with zero attached hydrogens (tertiary/aromatic N) is 2. The van der Waals surface area contributed by atoms with Crippen LogP contribution in [-0.4, -0.2) is 43.5 Å². The van der Waals surface area contributed by atoms with Crippen LogP contribution in [0.1, 0.15) is 32.1 Å². The third-order valence-electron chi connectivity index (χ3n) is 3.06. The lowest BCUT2D eigenvalue weighted by Gasteiger charge is -2.32. The monoisotopic (exact) mass is 224 g/mol. The largest absolute Gasteiger partial charge is 0.383 e. The predicted octanol–water partition coefficient (Wildman–Crippen LogP) is 1.36. The average molecular weight is 224 g/mol. The molecule has 16 heavy (non-hydrogen) atoms. The van der Waals surface area contributed by atoms with Crippen LogP contribution in [0.15, 0.2) is 0 Å². The first-order chi connectivity index (χ1) is 7.79. The molecular weight excluding hydrogens is 204 g/mol. The van der Waals surface area contributed by atoms with E-state index in [1.807, 2.05) is 0 Å². The molecule has 1 aliphatic rings. The fourth-order valence-corrected chi connectivity index (χ4v) is 2.18. The highest BCUT2D eigenvalue weighted by Crippen LogP contribution is 2.19. The summed E-state index contributed by atoms with van der Waals surface area (Å²) in [6, 6.07) is 2.16. The normalized spacial score (nSPS) is 21.1. The van der Waals surface area contributed by atoms with Gasteiger partial charge in [0.2, 0.25) is 0 Å². The van der Waals surface area contributed by atoms with Crippen molar-refractivity contribution in [1.29, 1.82) is 5.26 Å². The molecule has 0 radical (unpaired) electrons. The topological polar surface area (TPSA) is 53.3 Å². The molecule has 0 aromatic heterocycles. The minimum atomic E-state index is 0.0252. The van der Waals surface area contributed by atoms with E-state index in [0.717, 1.165) is 25.8 Å². The zero-order valence-corrected chi connectivity index (χ0v) is 9.95. The van der Waals surface area contributed by atoms with Crippen molar-refractivity contribution in [1.82, 2.24) is 4.90 Å². The summed E-state index contributed by atoms with van der Waals surface area (Å²) < 4.78 is 5.04. The average Bonchev–Trinajstić information content (AvgIpc) is 2.31. The first kappa shape index (κ1) is 13.1. The van der Waals surface area contributed by atoms with E-state index in [0.29, 0.717) is 31.8 Å². The van der Waals surface area contributed by atoms with E-state index in [1.165, 1.54) is 0 Å². The van der Waals surface area contributed by atoms with Crippen LogP contribution in [0.4, 0.5) is 0 Å². The Morgan fingerprint density at radius 3 is 2.94 bits per heavy atom. The Morgan fingerprint density at radius 2 is 2.31 bits per heavy atom. The molecular formula is C12H20N2O2. The Morgan fingerprint density at radius 1 is 1.50 bits per heavy atom. The third kappa shape index (κ3) is 3.92. The first-order valence-corrected chi connectivity index (χ1v) is 5.92. The molecule has 1 rings (SSSR count). The summed E-state index contributed by atoms with van der Waals surface area (Å²) in [5, 5.41) is 8.61. The van der Waals surface area contributed by atoms with E-state index >= 15 is 0 Å². The molecule has 1 fully saturated rings. The minimum absolute atomic E-state index is 0.0252. The molecule has 1 saturated carbocycles. The van der Waals surface area contributed by atoms with Gasteiger partial charge in [-0.3, -0.25) is 9.69 Å². The number of ether oxygens (including phenoxy) is 1. The highest BCUT2D eigenvalue weighted by molar-refractivity contribution is 5.84. The number of nitriles is 1. The second-order valence-electron chi connectivity index (χ2n) is 4.16. The molecule has 0 saturated heterocycles. The number of hydrogen-bond acceptors (Lipinski definition) is 4. The lowest BCUT2D eigenvalue weighted by molar-refractivity contribution is -0.126. The van der Waals surface area contributed by atoms with Gasteiger partial charge in [0.05, 0.1) is 18.7 Å². The van der Waals surface area contributed by atoms with Crippen LogP contribution in [0.5, 0.6) is 0 Å². The lowest BCUT2D eigenvalue weighted by Crippen LogP contribution is -2.44. The van der Waals surface area contributed by atoms with Crippen LogP contribution < -0.4 is 0 Å². The van der Waals surface area contributed by atoms with Gasteiger partial charge < -0.3 is 4.74 Å². The molecule has 90 valence electrons. The molecule has 0 amide bonds. The fraction of sp³-hybridized carbons (Fsp3) is 0.833. The van der Waals surface area contributed by atoms with Gasteiger partial charge in [0, 0.05) is 33.0 Å². The standard InChI is InChI=1S/C12H20N2O2/c1-16-10-9-14(8-4-7-13)11-5-2-3-6-12(11)15/h11H,2-6,8-10H2,1H3. The maximum Gasteiger partial charge on any atom is 0.149 e. The number of methoxy groups -OCH3 is 1. The Bertz CT molecular complexity index is 260. The Balaban J connectivity index is 2.51. The summed E-state index contributed by atoms with van der Waals surface area (Å²) in [5.41, 5.74) is 0. The van der Waals surface area contributed by atoms with Gasteiger partial charge in [-0.05, 0) is 12.8 Å². The number of ketones is 1. The van der Waals surface area contributed by atoms with Crippen molar-refractivity contribution in [2.24, 2.45) is 0 Å². The summed E-state index contributed by atoms with van der Waals surface area (Å²) in [6.07, 6.45) is 4.25. The van der Waals surface area contributed by atoms with Crippen LogP contribution in [-0.2, 0) is 9.53 Å². The van der Waals surface area contributed by atoms with E-state index in [1.54, 1.807) is 7.11 Å². The number of carbonyl (C=O) groups excluding carboxylic acids is 1. The van der Waals surface area contributed by atoms with E-state index in [2.05, 4.69) is 11.0 Å². The SMILES string of the molecule is COCCN(CCC#N)C1CCCCC1=O. The molecule has 0 aromatic carbocycles. The van der Waals surface area contributed by atoms with Gasteiger partial charge in [-0.1, -0.05) is 6.42 Å². The van der Waals surface area contributed by atoms with Crippen LogP contribution in [0.3, 0.4) is 0 Å². The van der Waals surface area contributed by atoms with Crippen LogP contribution in [0.25, 0.3) is 0 Å². The minimum Gasteiger partial charge on any atom is -0.383 e. The van der Waals surface area contributed by atoms with Crippen LogP contribution >= 0.6 is 0 Å². The van der Waals surface area contributed by atoms with Crippen molar-refractivity contribution in [2.45, 2.75) is 38.1 Å². The molecule has 1 unspecified atom stereocenters. The molecule has 1 atom stereocenters. The summed E-state index contributed by atoms with van der Waals surface area (Å²) in [6.45, 7) is 2.04. The van der Waals surface area contributed by atoms with Crippen molar-refractivity contribution >= 4 is 5.78 Å².